The molecule has 114 valence electrons. The summed E-state index contributed by atoms with van der Waals surface area (Å²) in [5, 5.41) is 16.6. The zero-order valence-corrected chi connectivity index (χ0v) is 12.2. The smallest absolute Gasteiger partial charge is 0.129 e. The lowest BCUT2D eigenvalue weighted by molar-refractivity contribution is 0.0836. The normalized spacial score (nSPS) is 22.0. The molecule has 1 aliphatic rings. The van der Waals surface area contributed by atoms with Crippen molar-refractivity contribution in [2.75, 3.05) is 13.2 Å². The average molecular weight is 291 g/mol. The van der Waals surface area contributed by atoms with E-state index in [-0.39, 0.29) is 12.7 Å². The molecular formula is C15H21N3O3. The van der Waals surface area contributed by atoms with Crippen LogP contribution in [0.15, 0.2) is 28.8 Å². The summed E-state index contributed by atoms with van der Waals surface area (Å²) in [6.45, 7) is 2.26. The number of hydrogen-bond donors (Lipinski definition) is 2. The molecule has 2 atom stereocenters. The highest BCUT2D eigenvalue weighted by molar-refractivity contribution is 5.08. The van der Waals surface area contributed by atoms with E-state index in [2.05, 4.69) is 10.4 Å². The minimum Gasteiger partial charge on any atom is -0.462 e. The van der Waals surface area contributed by atoms with Gasteiger partial charge in [0.1, 0.15) is 24.2 Å². The zero-order chi connectivity index (χ0) is 14.7. The molecule has 6 heteroatoms. The molecular weight excluding hydrogens is 270 g/mol. The number of ether oxygens (including phenoxy) is 1. The van der Waals surface area contributed by atoms with Gasteiger partial charge in [0.15, 0.2) is 0 Å². The Labute approximate surface area is 123 Å². The van der Waals surface area contributed by atoms with E-state index in [1.165, 1.54) is 0 Å². The highest BCUT2D eigenvalue weighted by Gasteiger charge is 2.31. The summed E-state index contributed by atoms with van der Waals surface area (Å²) < 4.78 is 13.2. The predicted molar refractivity (Wildman–Crippen MR) is 76.3 cm³/mol. The Hall–Kier alpha value is -1.63. The molecule has 0 amide bonds. The van der Waals surface area contributed by atoms with Crippen LogP contribution in [0.4, 0.5) is 0 Å². The van der Waals surface area contributed by atoms with Crippen molar-refractivity contribution in [3.63, 3.8) is 0 Å². The molecule has 6 nitrogen and oxygen atoms in total. The number of hydrogen-bond acceptors (Lipinski definition) is 5. The molecule has 21 heavy (non-hydrogen) atoms. The summed E-state index contributed by atoms with van der Waals surface area (Å²) in [4.78, 5) is 0. The second-order valence-electron chi connectivity index (χ2n) is 5.38. The lowest BCUT2D eigenvalue weighted by Crippen LogP contribution is -2.25. The number of aliphatic hydroxyl groups is 1. The Morgan fingerprint density at radius 3 is 2.95 bits per heavy atom. The van der Waals surface area contributed by atoms with Gasteiger partial charge in [-0.3, -0.25) is 4.68 Å². The van der Waals surface area contributed by atoms with Gasteiger partial charge in [0.2, 0.25) is 0 Å². The van der Waals surface area contributed by atoms with Gasteiger partial charge in [-0.25, -0.2) is 0 Å². The first-order valence-electron chi connectivity index (χ1n) is 7.26. The monoisotopic (exact) mass is 291 g/mol. The van der Waals surface area contributed by atoms with Gasteiger partial charge in [0, 0.05) is 32.3 Å². The van der Waals surface area contributed by atoms with Crippen LogP contribution in [0.5, 0.6) is 0 Å². The molecule has 0 radical (unpaired) electrons. The molecule has 3 heterocycles. The van der Waals surface area contributed by atoms with Crippen LogP contribution in [-0.4, -0.2) is 28.0 Å². The molecule has 2 N–H and O–H groups in total. The van der Waals surface area contributed by atoms with Gasteiger partial charge >= 0.3 is 0 Å². The Kier molecular flexibility index (Phi) is 4.38. The van der Waals surface area contributed by atoms with Crippen molar-refractivity contribution in [1.82, 2.24) is 15.1 Å². The minimum atomic E-state index is -0.0565. The number of aliphatic hydroxyl groups excluding tert-OH is 1. The Bertz CT molecular complexity index is 578. The standard InChI is InChI=1S/C15H21N3O3/c1-18-14(4-6-17-18)15-11(5-7-20-15)8-16-9-12-2-3-13(10-19)21-12/h2-4,6,11,15-16,19H,5,7-10H2,1H3/t11-,15+/m0/s1. The fraction of sp³-hybridized carbons (Fsp3) is 0.533. The van der Waals surface area contributed by atoms with Crippen LogP contribution in [0.25, 0.3) is 0 Å². The third-order valence-corrected chi connectivity index (χ3v) is 3.94. The lowest BCUT2D eigenvalue weighted by Gasteiger charge is -2.19. The average Bonchev–Trinajstić information content (AvgIpc) is 3.19. The second kappa shape index (κ2) is 6.43. The van der Waals surface area contributed by atoms with Crippen molar-refractivity contribution in [3.8, 4) is 0 Å². The van der Waals surface area contributed by atoms with E-state index in [1.807, 2.05) is 23.9 Å². The Morgan fingerprint density at radius 1 is 1.38 bits per heavy atom. The summed E-state index contributed by atoms with van der Waals surface area (Å²) in [7, 11) is 1.95. The fourth-order valence-electron chi connectivity index (χ4n) is 2.82. The molecule has 0 aliphatic carbocycles. The van der Waals surface area contributed by atoms with Crippen LogP contribution < -0.4 is 5.32 Å². The minimum absolute atomic E-state index is 0.0565. The van der Waals surface area contributed by atoms with E-state index in [0.717, 1.165) is 31.0 Å². The van der Waals surface area contributed by atoms with Crippen LogP contribution in [0.3, 0.4) is 0 Å². The molecule has 3 rings (SSSR count). The van der Waals surface area contributed by atoms with Crippen molar-refractivity contribution < 1.29 is 14.3 Å². The van der Waals surface area contributed by atoms with Crippen molar-refractivity contribution in [2.24, 2.45) is 13.0 Å². The van der Waals surface area contributed by atoms with Crippen molar-refractivity contribution in [1.29, 1.82) is 0 Å². The predicted octanol–water partition coefficient (Wildman–Crippen LogP) is 1.37. The number of aryl methyl sites for hydroxylation is 1. The Balaban J connectivity index is 1.53. The molecule has 0 aromatic carbocycles. The number of rotatable bonds is 6. The van der Waals surface area contributed by atoms with Gasteiger partial charge in [-0.15, -0.1) is 0 Å². The number of nitrogens with one attached hydrogen (secondary N) is 1. The summed E-state index contributed by atoms with van der Waals surface area (Å²) >= 11 is 0. The van der Waals surface area contributed by atoms with Crippen molar-refractivity contribution in [3.05, 3.63) is 41.6 Å². The van der Waals surface area contributed by atoms with E-state index >= 15 is 0 Å². The first-order chi connectivity index (χ1) is 10.3. The van der Waals surface area contributed by atoms with Gasteiger partial charge in [-0.1, -0.05) is 0 Å². The van der Waals surface area contributed by atoms with Gasteiger partial charge in [0.25, 0.3) is 0 Å². The summed E-state index contributed by atoms with van der Waals surface area (Å²) in [6, 6.07) is 5.71. The molecule has 1 fully saturated rings. The van der Waals surface area contributed by atoms with Gasteiger partial charge in [0.05, 0.1) is 12.2 Å². The van der Waals surface area contributed by atoms with Crippen LogP contribution >= 0.6 is 0 Å². The molecule has 1 saturated heterocycles. The molecule has 2 aromatic heterocycles. The number of nitrogens with zero attached hydrogens (tertiary/aromatic N) is 2. The highest BCUT2D eigenvalue weighted by Crippen LogP contribution is 2.33. The molecule has 2 aromatic rings. The van der Waals surface area contributed by atoms with Gasteiger partial charge in [-0.2, -0.15) is 5.10 Å². The molecule has 0 unspecified atom stereocenters. The van der Waals surface area contributed by atoms with E-state index in [0.29, 0.717) is 18.2 Å². The van der Waals surface area contributed by atoms with E-state index in [1.54, 1.807) is 12.3 Å². The van der Waals surface area contributed by atoms with Crippen LogP contribution in [0, 0.1) is 5.92 Å². The van der Waals surface area contributed by atoms with Crippen LogP contribution in [-0.2, 0) is 24.9 Å². The van der Waals surface area contributed by atoms with E-state index < -0.39 is 0 Å². The quantitative estimate of drug-likeness (QED) is 0.841. The third-order valence-electron chi connectivity index (χ3n) is 3.94. The first kappa shape index (κ1) is 14.3. The van der Waals surface area contributed by atoms with Gasteiger partial charge < -0.3 is 19.6 Å². The topological polar surface area (TPSA) is 72.5 Å². The molecule has 0 saturated carbocycles. The first-order valence-corrected chi connectivity index (χ1v) is 7.26. The van der Waals surface area contributed by atoms with Gasteiger partial charge in [-0.05, 0) is 24.6 Å². The van der Waals surface area contributed by atoms with E-state index in [9.17, 15) is 0 Å². The van der Waals surface area contributed by atoms with E-state index in [4.69, 9.17) is 14.3 Å². The molecule has 0 spiro atoms. The molecule has 0 bridgehead atoms. The van der Waals surface area contributed by atoms with Crippen LogP contribution in [0.1, 0.15) is 29.7 Å². The molecule has 1 aliphatic heterocycles. The largest absolute Gasteiger partial charge is 0.462 e. The maximum atomic E-state index is 8.98. The zero-order valence-electron chi connectivity index (χ0n) is 12.2. The maximum Gasteiger partial charge on any atom is 0.129 e. The lowest BCUT2D eigenvalue weighted by atomic mass is 9.99. The van der Waals surface area contributed by atoms with Crippen molar-refractivity contribution in [2.45, 2.75) is 25.7 Å². The SMILES string of the molecule is Cn1nccc1[C@@H]1OCC[C@H]1CNCc1ccc(CO)o1. The summed E-state index contributed by atoms with van der Waals surface area (Å²) in [6.07, 6.45) is 2.96. The Morgan fingerprint density at radius 2 is 2.24 bits per heavy atom. The number of aromatic nitrogens is 2. The highest BCUT2D eigenvalue weighted by atomic mass is 16.5. The summed E-state index contributed by atoms with van der Waals surface area (Å²) in [5.41, 5.74) is 1.12. The van der Waals surface area contributed by atoms with Crippen molar-refractivity contribution >= 4 is 0 Å². The third kappa shape index (κ3) is 3.18. The summed E-state index contributed by atoms with van der Waals surface area (Å²) in [5.74, 6) is 1.88. The maximum absolute atomic E-state index is 8.98. The fourth-order valence-corrected chi connectivity index (χ4v) is 2.82. The van der Waals surface area contributed by atoms with Crippen LogP contribution in [0.2, 0.25) is 0 Å². The second-order valence-corrected chi connectivity index (χ2v) is 5.38. The number of furan rings is 1.